The molecule has 1 unspecified atom stereocenters. The number of likely N-dealkylation sites (N-methyl/N-ethyl adjacent to an activating group) is 1. The van der Waals surface area contributed by atoms with Gasteiger partial charge in [0.15, 0.2) is 0 Å². The lowest BCUT2D eigenvalue weighted by atomic mass is 10.0. The first-order valence-corrected chi connectivity index (χ1v) is 11.3. The lowest BCUT2D eigenvalue weighted by molar-refractivity contribution is 0.0834. The average molecular weight is 445 g/mol. The number of nitrogens with zero attached hydrogens (tertiary/aromatic N) is 2. The highest BCUT2D eigenvalue weighted by atomic mass is 16.5. The molecule has 172 valence electrons. The monoisotopic (exact) mass is 444 g/mol. The van der Waals surface area contributed by atoms with Gasteiger partial charge in [-0.2, -0.15) is 0 Å². The molecule has 0 bridgehead atoms. The number of hydrogen-bond acceptors (Lipinski definition) is 4. The molecule has 0 radical (unpaired) electrons. The van der Waals surface area contributed by atoms with E-state index in [4.69, 9.17) is 4.74 Å². The zero-order chi connectivity index (χ0) is 23.0. The number of methoxy groups -OCH3 is 1. The Morgan fingerprint density at radius 3 is 2.33 bits per heavy atom. The van der Waals surface area contributed by atoms with Crippen molar-refractivity contribution in [2.24, 2.45) is 0 Å². The molecule has 6 nitrogen and oxygen atoms in total. The third-order valence-corrected chi connectivity index (χ3v) is 6.09. The van der Waals surface area contributed by atoms with Crippen molar-refractivity contribution in [2.75, 3.05) is 39.1 Å². The molecule has 33 heavy (non-hydrogen) atoms. The summed E-state index contributed by atoms with van der Waals surface area (Å²) in [5.74, 6) is 0.801. The van der Waals surface area contributed by atoms with Crippen LogP contribution in [-0.4, -0.2) is 49.6 Å². The predicted octanol–water partition coefficient (Wildman–Crippen LogP) is 4.51. The number of amides is 2. The first-order chi connectivity index (χ1) is 16.1. The third-order valence-electron chi connectivity index (χ3n) is 6.09. The van der Waals surface area contributed by atoms with Gasteiger partial charge in [0, 0.05) is 44.5 Å². The van der Waals surface area contributed by atoms with Gasteiger partial charge in [0.25, 0.3) is 0 Å². The molecular weight excluding hydrogens is 412 g/mol. The van der Waals surface area contributed by atoms with E-state index in [1.54, 1.807) is 7.11 Å². The minimum absolute atomic E-state index is 0.221. The van der Waals surface area contributed by atoms with Crippen LogP contribution in [0.3, 0.4) is 0 Å². The fourth-order valence-corrected chi connectivity index (χ4v) is 4.17. The largest absolute Gasteiger partial charge is 0.497 e. The van der Waals surface area contributed by atoms with Crippen molar-refractivity contribution in [2.45, 2.75) is 19.1 Å². The Morgan fingerprint density at radius 2 is 1.64 bits per heavy atom. The molecule has 0 saturated carbocycles. The molecular formula is C27H32N4O2. The van der Waals surface area contributed by atoms with Crippen molar-refractivity contribution >= 4 is 11.7 Å². The number of piperazine rings is 1. The van der Waals surface area contributed by atoms with Gasteiger partial charge in [-0.25, -0.2) is 4.79 Å². The van der Waals surface area contributed by atoms with Crippen LogP contribution in [0.1, 0.15) is 22.7 Å². The van der Waals surface area contributed by atoms with Crippen LogP contribution in [0.25, 0.3) is 0 Å². The van der Waals surface area contributed by atoms with Crippen molar-refractivity contribution in [3.8, 4) is 5.75 Å². The first kappa shape index (κ1) is 22.8. The standard InChI is InChI=1S/C27H32N4O2/c1-30-16-17-31(26(20-30)23-6-4-3-5-7-23)19-22-8-12-24(13-9-22)29-27(32)28-18-21-10-14-25(33-2)15-11-21/h3-15,26H,16-20H2,1-2H3,(H2,28,29,32). The van der Waals surface area contributed by atoms with Crippen LogP contribution in [0.2, 0.25) is 0 Å². The summed E-state index contributed by atoms with van der Waals surface area (Å²) >= 11 is 0. The molecule has 0 spiro atoms. The summed E-state index contributed by atoms with van der Waals surface area (Å²) in [5.41, 5.74) is 4.39. The average Bonchev–Trinajstić information content (AvgIpc) is 2.86. The summed E-state index contributed by atoms with van der Waals surface area (Å²) in [5, 5.41) is 5.80. The van der Waals surface area contributed by atoms with E-state index in [-0.39, 0.29) is 6.03 Å². The molecule has 1 heterocycles. The Hall–Kier alpha value is -3.35. The Kier molecular flexibility index (Phi) is 7.60. The lowest BCUT2D eigenvalue weighted by Crippen LogP contribution is -2.46. The van der Waals surface area contributed by atoms with Crippen molar-refractivity contribution in [1.29, 1.82) is 0 Å². The molecule has 1 aliphatic rings. The molecule has 0 aliphatic carbocycles. The number of rotatable bonds is 7. The number of urea groups is 1. The van der Waals surface area contributed by atoms with Gasteiger partial charge in [0.05, 0.1) is 7.11 Å². The van der Waals surface area contributed by atoms with Gasteiger partial charge in [-0.1, -0.05) is 54.6 Å². The summed E-state index contributed by atoms with van der Waals surface area (Å²) in [6.07, 6.45) is 0. The fraction of sp³-hybridized carbons (Fsp3) is 0.296. The summed E-state index contributed by atoms with van der Waals surface area (Å²) in [6.45, 7) is 4.47. The van der Waals surface area contributed by atoms with Gasteiger partial charge >= 0.3 is 6.03 Å². The van der Waals surface area contributed by atoms with Crippen LogP contribution in [0.4, 0.5) is 10.5 Å². The SMILES string of the molecule is COc1ccc(CNC(=O)Nc2ccc(CN3CCN(C)CC3c3ccccc3)cc2)cc1. The highest BCUT2D eigenvalue weighted by Gasteiger charge is 2.26. The van der Waals surface area contributed by atoms with E-state index in [9.17, 15) is 4.79 Å². The van der Waals surface area contributed by atoms with E-state index in [1.165, 1.54) is 11.1 Å². The Morgan fingerprint density at radius 1 is 0.939 bits per heavy atom. The number of carbonyl (C=O) groups is 1. The summed E-state index contributed by atoms with van der Waals surface area (Å²) in [4.78, 5) is 17.2. The van der Waals surface area contributed by atoms with E-state index in [0.717, 1.165) is 43.2 Å². The molecule has 3 aromatic rings. The Bertz CT molecular complexity index is 1020. The fourth-order valence-electron chi connectivity index (χ4n) is 4.17. The molecule has 2 N–H and O–H groups in total. The second kappa shape index (κ2) is 11.0. The van der Waals surface area contributed by atoms with Crippen LogP contribution in [0.5, 0.6) is 5.75 Å². The zero-order valence-corrected chi connectivity index (χ0v) is 19.3. The molecule has 3 aromatic carbocycles. The predicted molar refractivity (Wildman–Crippen MR) is 132 cm³/mol. The van der Waals surface area contributed by atoms with Gasteiger partial charge < -0.3 is 20.3 Å². The molecule has 0 aromatic heterocycles. The normalized spacial score (nSPS) is 16.8. The molecule has 2 amide bonds. The van der Waals surface area contributed by atoms with E-state index >= 15 is 0 Å². The second-order valence-corrected chi connectivity index (χ2v) is 8.51. The molecule has 4 rings (SSSR count). The zero-order valence-electron chi connectivity index (χ0n) is 19.3. The van der Waals surface area contributed by atoms with Crippen molar-refractivity contribution in [3.05, 3.63) is 95.6 Å². The highest BCUT2D eigenvalue weighted by molar-refractivity contribution is 5.89. The molecule has 6 heteroatoms. The number of ether oxygens (including phenoxy) is 1. The number of nitrogens with one attached hydrogen (secondary N) is 2. The molecule has 1 aliphatic heterocycles. The first-order valence-electron chi connectivity index (χ1n) is 11.3. The topological polar surface area (TPSA) is 56.8 Å². The summed E-state index contributed by atoms with van der Waals surface area (Å²) in [7, 11) is 3.83. The third kappa shape index (κ3) is 6.34. The molecule has 1 saturated heterocycles. The van der Waals surface area contributed by atoms with Gasteiger partial charge in [-0.15, -0.1) is 0 Å². The van der Waals surface area contributed by atoms with E-state index in [1.807, 2.05) is 36.4 Å². The van der Waals surface area contributed by atoms with E-state index < -0.39 is 0 Å². The number of hydrogen-bond donors (Lipinski definition) is 2. The van der Waals surface area contributed by atoms with Crippen molar-refractivity contribution in [3.63, 3.8) is 0 Å². The van der Waals surface area contributed by atoms with Crippen LogP contribution < -0.4 is 15.4 Å². The van der Waals surface area contributed by atoms with Gasteiger partial charge in [0.2, 0.25) is 0 Å². The molecule has 1 fully saturated rings. The van der Waals surface area contributed by atoms with Crippen molar-refractivity contribution < 1.29 is 9.53 Å². The minimum Gasteiger partial charge on any atom is -0.497 e. The second-order valence-electron chi connectivity index (χ2n) is 8.51. The smallest absolute Gasteiger partial charge is 0.319 e. The number of benzene rings is 3. The van der Waals surface area contributed by atoms with Gasteiger partial charge in [-0.3, -0.25) is 4.90 Å². The van der Waals surface area contributed by atoms with Crippen LogP contribution in [0.15, 0.2) is 78.9 Å². The Labute approximate surface area is 196 Å². The molecule has 1 atom stereocenters. The minimum atomic E-state index is -0.221. The number of carbonyl (C=O) groups excluding carboxylic acids is 1. The maximum Gasteiger partial charge on any atom is 0.319 e. The van der Waals surface area contributed by atoms with E-state index in [0.29, 0.717) is 12.6 Å². The van der Waals surface area contributed by atoms with Crippen LogP contribution in [-0.2, 0) is 13.1 Å². The number of anilines is 1. The van der Waals surface area contributed by atoms with Gasteiger partial charge in [-0.05, 0) is 48.0 Å². The van der Waals surface area contributed by atoms with Crippen molar-refractivity contribution in [1.82, 2.24) is 15.1 Å². The summed E-state index contributed by atoms with van der Waals surface area (Å²) in [6, 6.07) is 26.7. The maximum absolute atomic E-state index is 12.3. The Balaban J connectivity index is 1.31. The quantitative estimate of drug-likeness (QED) is 0.563. The highest BCUT2D eigenvalue weighted by Crippen LogP contribution is 2.26. The maximum atomic E-state index is 12.3. The van der Waals surface area contributed by atoms with Crippen LogP contribution >= 0.6 is 0 Å². The summed E-state index contributed by atoms with van der Waals surface area (Å²) < 4.78 is 5.16. The lowest BCUT2D eigenvalue weighted by Gasteiger charge is -2.40. The van der Waals surface area contributed by atoms with E-state index in [2.05, 4.69) is 69.9 Å². The van der Waals surface area contributed by atoms with Crippen LogP contribution in [0, 0.1) is 0 Å². The van der Waals surface area contributed by atoms with Gasteiger partial charge in [0.1, 0.15) is 5.75 Å².